The first-order valence-electron chi connectivity index (χ1n) is 25.8. The molecule has 2 atom stereocenters. The molecule has 0 bridgehead atoms. The Morgan fingerprint density at radius 3 is 0.983 bits per heavy atom. The standard InChI is InChI=1S/C52H100O6/c1-6-8-9-10-11-12-13-14-15-16-17-22-29-34-39-44-52(55)58-49(46-57-51(54)43-38-33-28-24-23-26-31-36-41-48(5)7-2)45-56-50(53)42-37-32-27-21-19-18-20-25-30-35-40-47(3)4/h47-49H,6-46H2,1-5H3/t48?,49-/m1/s1. The average Bonchev–Trinajstić information content (AvgIpc) is 3.21. The van der Waals surface area contributed by atoms with Crippen molar-refractivity contribution >= 4 is 17.9 Å². The van der Waals surface area contributed by atoms with Crippen LogP contribution in [0.5, 0.6) is 0 Å². The van der Waals surface area contributed by atoms with Crippen LogP contribution in [0.1, 0.15) is 285 Å². The molecule has 6 heteroatoms. The number of carbonyl (C=O) groups excluding carboxylic acids is 3. The molecule has 0 rings (SSSR count). The first-order valence-corrected chi connectivity index (χ1v) is 25.8. The van der Waals surface area contributed by atoms with Gasteiger partial charge in [-0.05, 0) is 31.1 Å². The Hall–Kier alpha value is -1.59. The first-order chi connectivity index (χ1) is 28.3. The van der Waals surface area contributed by atoms with Gasteiger partial charge in [0.05, 0.1) is 0 Å². The van der Waals surface area contributed by atoms with E-state index in [1.165, 1.54) is 173 Å². The summed E-state index contributed by atoms with van der Waals surface area (Å²) >= 11 is 0. The molecule has 0 amide bonds. The van der Waals surface area contributed by atoms with Crippen molar-refractivity contribution in [1.82, 2.24) is 0 Å². The van der Waals surface area contributed by atoms with E-state index >= 15 is 0 Å². The normalized spacial score (nSPS) is 12.5. The molecule has 0 radical (unpaired) electrons. The van der Waals surface area contributed by atoms with E-state index in [1.54, 1.807) is 0 Å². The summed E-state index contributed by atoms with van der Waals surface area (Å²) in [6.07, 6.45) is 45.1. The van der Waals surface area contributed by atoms with Gasteiger partial charge in [0.2, 0.25) is 0 Å². The van der Waals surface area contributed by atoms with Crippen LogP contribution in [0.15, 0.2) is 0 Å². The molecule has 0 aromatic rings. The molecule has 0 aliphatic heterocycles. The van der Waals surface area contributed by atoms with Crippen molar-refractivity contribution in [2.75, 3.05) is 13.2 Å². The predicted octanol–water partition coefficient (Wildman–Crippen LogP) is 16.5. The highest BCUT2D eigenvalue weighted by molar-refractivity contribution is 5.71. The molecule has 0 saturated carbocycles. The van der Waals surface area contributed by atoms with E-state index < -0.39 is 6.10 Å². The third kappa shape index (κ3) is 44.0. The minimum Gasteiger partial charge on any atom is -0.462 e. The van der Waals surface area contributed by atoms with E-state index in [1.807, 2.05) is 0 Å². The number of ether oxygens (including phenoxy) is 3. The van der Waals surface area contributed by atoms with E-state index in [0.29, 0.717) is 19.3 Å². The summed E-state index contributed by atoms with van der Waals surface area (Å²) in [5, 5.41) is 0. The Labute approximate surface area is 361 Å². The molecule has 0 saturated heterocycles. The lowest BCUT2D eigenvalue weighted by Gasteiger charge is -2.18. The van der Waals surface area contributed by atoms with Crippen LogP contribution in [0.2, 0.25) is 0 Å². The van der Waals surface area contributed by atoms with Crippen LogP contribution in [0.4, 0.5) is 0 Å². The summed E-state index contributed by atoms with van der Waals surface area (Å²) < 4.78 is 16.8. The second-order valence-electron chi connectivity index (χ2n) is 18.5. The molecule has 0 aromatic carbocycles. The Morgan fingerprint density at radius 2 is 0.655 bits per heavy atom. The number of unbranched alkanes of at least 4 members (excludes halogenated alkanes) is 30. The van der Waals surface area contributed by atoms with Crippen LogP contribution in [0.25, 0.3) is 0 Å². The molecule has 0 N–H and O–H groups in total. The highest BCUT2D eigenvalue weighted by Crippen LogP contribution is 2.18. The number of hydrogen-bond donors (Lipinski definition) is 0. The zero-order chi connectivity index (χ0) is 42.6. The topological polar surface area (TPSA) is 78.9 Å². The second kappa shape index (κ2) is 44.9. The SMILES string of the molecule is CCCCCCCCCCCCCCCCCC(=O)O[C@H](COC(=O)CCCCCCCCCCCCC(C)C)COC(=O)CCCCCCCCCCC(C)CC. The highest BCUT2D eigenvalue weighted by Gasteiger charge is 2.19. The molecule has 0 aliphatic carbocycles. The van der Waals surface area contributed by atoms with Gasteiger partial charge < -0.3 is 14.2 Å². The minimum absolute atomic E-state index is 0.0643. The van der Waals surface area contributed by atoms with Crippen molar-refractivity contribution in [2.24, 2.45) is 11.8 Å². The number of esters is 3. The summed E-state index contributed by atoms with van der Waals surface area (Å²) in [5.41, 5.74) is 0. The monoisotopic (exact) mass is 821 g/mol. The lowest BCUT2D eigenvalue weighted by atomic mass is 9.99. The van der Waals surface area contributed by atoms with Gasteiger partial charge in [-0.25, -0.2) is 0 Å². The van der Waals surface area contributed by atoms with Gasteiger partial charge in [0.1, 0.15) is 13.2 Å². The maximum atomic E-state index is 12.8. The maximum Gasteiger partial charge on any atom is 0.306 e. The van der Waals surface area contributed by atoms with Gasteiger partial charge >= 0.3 is 17.9 Å². The Balaban J connectivity index is 4.33. The summed E-state index contributed by atoms with van der Waals surface area (Å²) in [7, 11) is 0. The van der Waals surface area contributed by atoms with Gasteiger partial charge in [-0.1, -0.05) is 247 Å². The van der Waals surface area contributed by atoms with Crippen LogP contribution in [-0.2, 0) is 28.6 Å². The molecular weight excluding hydrogens is 721 g/mol. The fourth-order valence-corrected chi connectivity index (χ4v) is 7.78. The quantitative estimate of drug-likeness (QED) is 0.0346. The number of carbonyl (C=O) groups is 3. The number of hydrogen-bond acceptors (Lipinski definition) is 6. The Kier molecular flexibility index (Phi) is 43.7. The lowest BCUT2D eigenvalue weighted by molar-refractivity contribution is -0.167. The summed E-state index contributed by atoms with van der Waals surface area (Å²) in [6, 6.07) is 0. The van der Waals surface area contributed by atoms with E-state index in [2.05, 4.69) is 34.6 Å². The van der Waals surface area contributed by atoms with Crippen LogP contribution >= 0.6 is 0 Å². The van der Waals surface area contributed by atoms with Crippen LogP contribution < -0.4 is 0 Å². The predicted molar refractivity (Wildman–Crippen MR) is 247 cm³/mol. The van der Waals surface area contributed by atoms with Crippen molar-refractivity contribution < 1.29 is 28.6 Å². The first kappa shape index (κ1) is 56.4. The van der Waals surface area contributed by atoms with Crippen molar-refractivity contribution in [3.63, 3.8) is 0 Å². The van der Waals surface area contributed by atoms with Crippen LogP contribution in [0.3, 0.4) is 0 Å². The fourth-order valence-electron chi connectivity index (χ4n) is 7.78. The molecule has 344 valence electrons. The van der Waals surface area contributed by atoms with Crippen molar-refractivity contribution in [3.05, 3.63) is 0 Å². The minimum atomic E-state index is -0.762. The zero-order valence-electron chi connectivity index (χ0n) is 39.7. The molecule has 1 unspecified atom stereocenters. The Bertz CT molecular complexity index is 887. The van der Waals surface area contributed by atoms with Gasteiger partial charge in [-0.3, -0.25) is 14.4 Å². The van der Waals surface area contributed by atoms with E-state index in [4.69, 9.17) is 14.2 Å². The third-order valence-corrected chi connectivity index (χ3v) is 12.1. The van der Waals surface area contributed by atoms with Crippen molar-refractivity contribution in [2.45, 2.75) is 291 Å². The summed E-state index contributed by atoms with van der Waals surface area (Å²) in [6.45, 7) is 11.4. The lowest BCUT2D eigenvalue weighted by Crippen LogP contribution is -2.30. The van der Waals surface area contributed by atoms with E-state index in [-0.39, 0.29) is 31.1 Å². The molecule has 6 nitrogen and oxygen atoms in total. The number of rotatable bonds is 46. The highest BCUT2D eigenvalue weighted by atomic mass is 16.6. The van der Waals surface area contributed by atoms with Crippen molar-refractivity contribution in [1.29, 1.82) is 0 Å². The van der Waals surface area contributed by atoms with E-state index in [0.717, 1.165) is 69.6 Å². The van der Waals surface area contributed by atoms with Crippen LogP contribution in [-0.4, -0.2) is 37.2 Å². The van der Waals surface area contributed by atoms with Crippen LogP contribution in [0, 0.1) is 11.8 Å². The van der Waals surface area contributed by atoms with Crippen molar-refractivity contribution in [3.8, 4) is 0 Å². The van der Waals surface area contributed by atoms with Gasteiger partial charge in [-0.2, -0.15) is 0 Å². The smallest absolute Gasteiger partial charge is 0.306 e. The third-order valence-electron chi connectivity index (χ3n) is 12.1. The molecule has 0 fully saturated rings. The average molecular weight is 821 g/mol. The summed E-state index contributed by atoms with van der Waals surface area (Å²) in [5.74, 6) is 0.816. The van der Waals surface area contributed by atoms with Gasteiger partial charge in [0.15, 0.2) is 6.10 Å². The fraction of sp³-hybridized carbons (Fsp3) is 0.942. The molecule has 0 spiro atoms. The van der Waals surface area contributed by atoms with E-state index in [9.17, 15) is 14.4 Å². The molecule has 0 aromatic heterocycles. The van der Waals surface area contributed by atoms with Gasteiger partial charge in [0, 0.05) is 19.3 Å². The zero-order valence-corrected chi connectivity index (χ0v) is 39.7. The molecular formula is C52H100O6. The van der Waals surface area contributed by atoms with Gasteiger partial charge in [0.25, 0.3) is 0 Å². The molecule has 0 aliphatic rings. The van der Waals surface area contributed by atoms with Gasteiger partial charge in [-0.15, -0.1) is 0 Å². The molecule has 58 heavy (non-hydrogen) atoms. The second-order valence-corrected chi connectivity index (χ2v) is 18.5. The summed E-state index contributed by atoms with van der Waals surface area (Å²) in [4.78, 5) is 37.9. The Morgan fingerprint density at radius 1 is 0.362 bits per heavy atom. The molecule has 0 heterocycles. The largest absolute Gasteiger partial charge is 0.462 e. The maximum absolute atomic E-state index is 12.8.